The number of rotatable bonds is 17. The number of ether oxygens (including phenoxy) is 1. The number of para-hydroxylation sites is 1. The van der Waals surface area contributed by atoms with E-state index in [9.17, 15) is 28.2 Å². The number of Topliss-reactive ketones (excluding diaryl/α,β-unsaturated/α-hetero) is 2. The van der Waals surface area contributed by atoms with Crippen molar-refractivity contribution < 1.29 is 37.8 Å². The third-order valence-electron chi connectivity index (χ3n) is 13.6. The number of ketones is 2. The zero-order chi connectivity index (χ0) is 42.4. The Labute approximate surface area is 342 Å². The second kappa shape index (κ2) is 17.4. The Balaban J connectivity index is 1.46. The fraction of sp³-hybridized carbons (Fsp3) is 0.689. The number of anilines is 1. The van der Waals surface area contributed by atoms with E-state index in [4.69, 9.17) is 9.57 Å². The molecule has 1 saturated heterocycles. The predicted molar refractivity (Wildman–Crippen MR) is 226 cm³/mol. The lowest BCUT2D eigenvalue weighted by atomic mass is 9.43. The molecule has 4 aliphatic rings. The number of hydrogen-bond acceptors (Lipinski definition) is 11. The summed E-state index contributed by atoms with van der Waals surface area (Å²) in [4.78, 5) is 38.7. The molecule has 0 unspecified atom stereocenters. The lowest BCUT2D eigenvalue weighted by Gasteiger charge is -2.62. The van der Waals surface area contributed by atoms with E-state index in [2.05, 4.69) is 20.8 Å². The van der Waals surface area contributed by atoms with Crippen LogP contribution in [0, 0.1) is 40.9 Å². The zero-order valence-electron chi connectivity index (χ0n) is 36.4. The molecule has 57 heavy (non-hydrogen) atoms. The molecule has 1 aliphatic heterocycles. The van der Waals surface area contributed by atoms with Gasteiger partial charge in [-0.2, -0.15) is 5.06 Å². The molecule has 318 valence electrons. The summed E-state index contributed by atoms with van der Waals surface area (Å²) in [5.41, 5.74) is 3.79. The van der Waals surface area contributed by atoms with Crippen molar-refractivity contribution in [2.24, 2.45) is 40.9 Å². The van der Waals surface area contributed by atoms with Crippen LogP contribution in [0.5, 0.6) is 5.75 Å². The van der Waals surface area contributed by atoms with Gasteiger partial charge in [0.1, 0.15) is 17.9 Å². The molecule has 2 N–H and O–H groups in total. The summed E-state index contributed by atoms with van der Waals surface area (Å²) < 4.78 is 31.7. The van der Waals surface area contributed by atoms with Gasteiger partial charge in [0.2, 0.25) is 0 Å². The van der Waals surface area contributed by atoms with Crippen molar-refractivity contribution >= 4 is 27.1 Å². The minimum atomic E-state index is -3.47. The van der Waals surface area contributed by atoms with Gasteiger partial charge in [-0.3, -0.25) is 14.4 Å². The van der Waals surface area contributed by atoms with E-state index in [1.807, 2.05) is 74.4 Å². The first-order valence-corrected chi connectivity index (χ1v) is 22.3. The average Bonchev–Trinajstić information content (AvgIpc) is 3.49. The Morgan fingerprint density at radius 1 is 1.09 bits per heavy atom. The normalized spacial score (nSPS) is 27.2. The number of hydroxylamine groups is 2. The second-order valence-corrected chi connectivity index (χ2v) is 22.1. The van der Waals surface area contributed by atoms with Crippen molar-refractivity contribution in [3.8, 4) is 16.9 Å². The fourth-order valence-corrected chi connectivity index (χ4v) is 11.4. The van der Waals surface area contributed by atoms with Crippen LogP contribution in [0.1, 0.15) is 90.1 Å². The van der Waals surface area contributed by atoms with Crippen molar-refractivity contribution in [3.05, 3.63) is 47.5 Å². The smallest absolute Gasteiger partial charge is 0.163 e. The topological polar surface area (TPSA) is 137 Å². The van der Waals surface area contributed by atoms with Gasteiger partial charge >= 0.3 is 0 Å². The summed E-state index contributed by atoms with van der Waals surface area (Å²) in [5.74, 6) is 1.22. The minimum absolute atomic E-state index is 0.0210. The number of fused-ring (bicyclic) bond motifs is 2. The molecule has 2 aromatic carbocycles. The molecule has 6 rings (SSSR count). The molecule has 0 amide bonds. The summed E-state index contributed by atoms with van der Waals surface area (Å²) in [6.45, 7) is 14.0. The summed E-state index contributed by atoms with van der Waals surface area (Å²) in [6.07, 6.45) is 1.08. The molecular formula is C45H69N3O8S. The number of methoxy groups -OCH3 is 1. The molecule has 12 heteroatoms. The van der Waals surface area contributed by atoms with Crippen LogP contribution in [0.4, 0.5) is 5.69 Å². The number of aliphatic hydroxyl groups excluding tert-OH is 2. The number of nitrogens with zero attached hydrogens (tertiary/aromatic N) is 3. The van der Waals surface area contributed by atoms with Gasteiger partial charge in [-0.05, 0) is 113 Å². The maximum absolute atomic E-state index is 14.4. The largest absolute Gasteiger partial charge is 0.496 e. The van der Waals surface area contributed by atoms with Crippen LogP contribution < -0.4 is 9.64 Å². The van der Waals surface area contributed by atoms with Gasteiger partial charge in [0.15, 0.2) is 21.4 Å². The quantitative estimate of drug-likeness (QED) is 0.178. The molecule has 4 fully saturated rings. The minimum Gasteiger partial charge on any atom is -0.496 e. The van der Waals surface area contributed by atoms with Gasteiger partial charge < -0.3 is 24.7 Å². The third-order valence-corrected chi connectivity index (χ3v) is 16.4. The number of carbonyl (C=O) groups excluding carboxylic acids is 2. The van der Waals surface area contributed by atoms with E-state index in [1.54, 1.807) is 39.9 Å². The highest BCUT2D eigenvalue weighted by molar-refractivity contribution is 7.92. The Kier molecular flexibility index (Phi) is 13.8. The fourth-order valence-electron chi connectivity index (χ4n) is 10.0. The van der Waals surface area contributed by atoms with Crippen LogP contribution in [0.3, 0.4) is 0 Å². The molecule has 11 nitrogen and oxygen atoms in total. The first kappa shape index (κ1) is 45.2. The van der Waals surface area contributed by atoms with Crippen LogP contribution in [0.15, 0.2) is 36.4 Å². The van der Waals surface area contributed by atoms with Gasteiger partial charge in [-0.15, -0.1) is 0 Å². The number of sulfone groups is 1. The number of hydrogen-bond donors (Lipinski definition) is 2. The van der Waals surface area contributed by atoms with Crippen LogP contribution >= 0.6 is 0 Å². The summed E-state index contributed by atoms with van der Waals surface area (Å²) >= 11 is 0. The molecule has 1 heterocycles. The summed E-state index contributed by atoms with van der Waals surface area (Å²) in [5, 5.41) is 23.0. The van der Waals surface area contributed by atoms with Gasteiger partial charge in [0.05, 0.1) is 36.9 Å². The first-order chi connectivity index (χ1) is 26.5. The van der Waals surface area contributed by atoms with Crippen LogP contribution in [-0.4, -0.2) is 117 Å². The van der Waals surface area contributed by atoms with Crippen LogP contribution in [-0.2, 0) is 26.0 Å². The predicted octanol–water partition coefficient (Wildman–Crippen LogP) is 6.14. The second-order valence-electron chi connectivity index (χ2n) is 19.4. The highest BCUT2D eigenvalue weighted by atomic mass is 32.2. The Morgan fingerprint density at radius 2 is 1.77 bits per heavy atom. The van der Waals surface area contributed by atoms with Crippen molar-refractivity contribution in [3.63, 3.8) is 0 Å². The molecule has 2 aromatic rings. The highest BCUT2D eigenvalue weighted by Gasteiger charge is 2.57. The molecular weight excluding hydrogens is 743 g/mol. The molecule has 0 radical (unpaired) electrons. The Morgan fingerprint density at radius 3 is 2.32 bits per heavy atom. The standard InChI is InChI=1S/C45H69N3O8S/c1-27-31(18-34-22-37(27)45(34,6)7)21-39(52)42-41(28(2)50)40(25-49)56-48(42)24-30-14-13-15-36(43(30)55-12)32-17-33(20-35(19-32)47(10)11)38(51)16-29(23-46(8)9)26-57(53,54)44(3,4)5/h13-15,17,19-20,27-29,31,34,37,40-42,49-50H,16,18,21-26H2,1-12H3/t27-,28+,29+,31-,34+,37+,40+,41-,42-/m1/s1. The van der Waals surface area contributed by atoms with E-state index in [0.29, 0.717) is 47.4 Å². The SMILES string of the molecule is COc1c(CN2O[C@@H](CO)[C@@H]([C@H](C)O)[C@H]2C(=O)C[C@H]2C[C@H]3C[C@@H]([C@@H]2C)C3(C)C)cccc1-c1cc(C(=O)C[C@@H](CN(C)C)CS(=O)(=O)C(C)(C)C)cc(N(C)C)c1. The van der Waals surface area contributed by atoms with Crippen molar-refractivity contribution in [2.45, 2.75) is 104 Å². The third kappa shape index (κ3) is 9.47. The summed E-state index contributed by atoms with van der Waals surface area (Å²) in [7, 11) is 5.69. The van der Waals surface area contributed by atoms with Gasteiger partial charge in [-0.25, -0.2) is 8.42 Å². The number of carbonyl (C=O) groups is 2. The maximum atomic E-state index is 14.4. The van der Waals surface area contributed by atoms with Crippen LogP contribution in [0.2, 0.25) is 0 Å². The first-order valence-electron chi connectivity index (χ1n) is 20.6. The Bertz CT molecular complexity index is 1870. The molecule has 0 spiro atoms. The van der Waals surface area contributed by atoms with E-state index >= 15 is 0 Å². The van der Waals surface area contributed by atoms with Crippen LogP contribution in [0.25, 0.3) is 11.1 Å². The van der Waals surface area contributed by atoms with Gasteiger partial charge in [-0.1, -0.05) is 39.0 Å². The Hall–Kier alpha value is -2.87. The average molecular weight is 812 g/mol. The molecule has 9 atom stereocenters. The maximum Gasteiger partial charge on any atom is 0.163 e. The number of benzene rings is 2. The van der Waals surface area contributed by atoms with Crippen molar-refractivity contribution in [1.29, 1.82) is 0 Å². The van der Waals surface area contributed by atoms with E-state index in [1.165, 1.54) is 6.42 Å². The lowest BCUT2D eigenvalue weighted by Crippen LogP contribution is -2.55. The summed E-state index contributed by atoms with van der Waals surface area (Å²) in [6, 6.07) is 10.7. The van der Waals surface area contributed by atoms with Gasteiger partial charge in [0.25, 0.3) is 0 Å². The van der Waals surface area contributed by atoms with E-state index < -0.39 is 44.7 Å². The molecule has 0 aromatic heterocycles. The lowest BCUT2D eigenvalue weighted by molar-refractivity contribution is -0.183. The molecule has 3 saturated carbocycles. The monoisotopic (exact) mass is 811 g/mol. The van der Waals surface area contributed by atoms with Gasteiger partial charge in [0, 0.05) is 61.8 Å². The van der Waals surface area contributed by atoms with Crippen molar-refractivity contribution in [2.75, 3.05) is 59.1 Å². The van der Waals surface area contributed by atoms with E-state index in [0.717, 1.165) is 28.8 Å². The highest BCUT2D eigenvalue weighted by Crippen LogP contribution is 2.63. The molecule has 2 bridgehead atoms. The zero-order valence-corrected chi connectivity index (χ0v) is 37.2. The van der Waals surface area contributed by atoms with E-state index in [-0.39, 0.29) is 42.8 Å². The molecule has 3 aliphatic carbocycles. The number of aliphatic hydroxyl groups is 2. The van der Waals surface area contributed by atoms with Crippen molar-refractivity contribution in [1.82, 2.24) is 9.96 Å².